The lowest BCUT2D eigenvalue weighted by Crippen LogP contribution is -2.42. The summed E-state index contributed by atoms with van der Waals surface area (Å²) in [5.41, 5.74) is -3.59. The zero-order chi connectivity index (χ0) is 15.3. The van der Waals surface area contributed by atoms with Crippen LogP contribution in [0.4, 0.5) is 13.2 Å². The zero-order valence-corrected chi connectivity index (χ0v) is 12.5. The minimum atomic E-state index is -4.24. The Labute approximate surface area is 126 Å². The first kappa shape index (κ1) is 16.6. The van der Waals surface area contributed by atoms with Crippen LogP contribution in [0, 0.1) is 0 Å². The Morgan fingerprint density at radius 1 is 1.33 bits per heavy atom. The Morgan fingerprint density at radius 2 is 2.05 bits per heavy atom. The molecule has 1 fully saturated rings. The maximum absolute atomic E-state index is 12.2. The quantitative estimate of drug-likeness (QED) is 0.815. The molecule has 1 atom stereocenters. The van der Waals surface area contributed by atoms with Gasteiger partial charge in [-0.2, -0.15) is 13.2 Å². The third-order valence-corrected chi connectivity index (χ3v) is 4.17. The number of benzene rings is 1. The second-order valence-electron chi connectivity index (χ2n) is 4.99. The van der Waals surface area contributed by atoms with Crippen LogP contribution in [0.25, 0.3) is 0 Å². The van der Waals surface area contributed by atoms with Gasteiger partial charge in [0, 0.05) is 38.1 Å². The molecule has 0 saturated carbocycles. The van der Waals surface area contributed by atoms with Crippen molar-refractivity contribution < 1.29 is 22.6 Å². The molecular weight excluding hydrogens is 303 g/mol. The van der Waals surface area contributed by atoms with E-state index in [-0.39, 0.29) is 22.3 Å². The Balaban J connectivity index is 1.81. The van der Waals surface area contributed by atoms with Gasteiger partial charge in [-0.15, -0.1) is 0 Å². The molecule has 3 nitrogen and oxygen atoms in total. The van der Waals surface area contributed by atoms with Crippen molar-refractivity contribution >= 4 is 11.8 Å². The molecule has 0 aliphatic carbocycles. The molecule has 118 valence electrons. The van der Waals surface area contributed by atoms with E-state index in [2.05, 4.69) is 5.32 Å². The monoisotopic (exact) mass is 321 g/mol. The minimum absolute atomic E-state index is 0.100. The average Bonchev–Trinajstić information content (AvgIpc) is 2.89. The molecule has 1 heterocycles. The smallest absolute Gasteiger partial charge is 0.378 e. The summed E-state index contributed by atoms with van der Waals surface area (Å²) in [5, 5.41) is 3.27. The summed E-state index contributed by atoms with van der Waals surface area (Å²) < 4.78 is 47.5. The van der Waals surface area contributed by atoms with Crippen molar-refractivity contribution in [3.8, 4) is 0 Å². The third-order valence-electron chi connectivity index (χ3n) is 3.43. The lowest BCUT2D eigenvalue weighted by atomic mass is 10.0. The Kier molecular flexibility index (Phi) is 5.54. The van der Waals surface area contributed by atoms with E-state index in [1.54, 1.807) is 19.2 Å². The van der Waals surface area contributed by atoms with Crippen LogP contribution in [0.1, 0.15) is 12.0 Å². The molecule has 0 aromatic heterocycles. The van der Waals surface area contributed by atoms with Crippen molar-refractivity contribution in [2.24, 2.45) is 0 Å². The summed E-state index contributed by atoms with van der Waals surface area (Å²) in [5.74, 6) is 0. The fourth-order valence-corrected chi connectivity index (χ4v) is 2.74. The molecule has 1 aromatic carbocycles. The van der Waals surface area contributed by atoms with E-state index < -0.39 is 5.51 Å². The van der Waals surface area contributed by atoms with Crippen LogP contribution in [-0.2, 0) is 16.0 Å². The Bertz CT molecular complexity index is 445. The maximum Gasteiger partial charge on any atom is 0.446 e. The third kappa shape index (κ3) is 5.18. The Hall–Kier alpha value is -0.760. The number of hydrogen-bond acceptors (Lipinski definition) is 4. The van der Waals surface area contributed by atoms with Crippen LogP contribution in [0.2, 0.25) is 0 Å². The van der Waals surface area contributed by atoms with Gasteiger partial charge in [-0.3, -0.25) is 0 Å². The highest BCUT2D eigenvalue weighted by molar-refractivity contribution is 8.00. The number of rotatable bonds is 6. The normalized spacial score (nSPS) is 22.7. The fraction of sp³-hybridized carbons (Fsp3) is 0.571. The standard InChI is InChI=1S/C14H18F3NO2S/c1-19-13(6-7-20-10-13)9-18-8-11-2-4-12(5-3-11)21-14(15,16)17/h2-5,18H,6-10H2,1H3. The molecule has 1 aliphatic rings. The molecule has 0 amide bonds. The van der Waals surface area contributed by atoms with E-state index >= 15 is 0 Å². The van der Waals surface area contributed by atoms with Crippen LogP contribution in [0.5, 0.6) is 0 Å². The van der Waals surface area contributed by atoms with E-state index in [1.807, 2.05) is 0 Å². The van der Waals surface area contributed by atoms with Crippen molar-refractivity contribution in [1.29, 1.82) is 0 Å². The predicted molar refractivity (Wildman–Crippen MR) is 75.2 cm³/mol. The lowest BCUT2D eigenvalue weighted by Gasteiger charge is -2.26. The molecule has 1 N–H and O–H groups in total. The van der Waals surface area contributed by atoms with E-state index in [9.17, 15) is 13.2 Å². The molecule has 21 heavy (non-hydrogen) atoms. The number of nitrogens with one attached hydrogen (secondary N) is 1. The van der Waals surface area contributed by atoms with Gasteiger partial charge in [-0.05, 0) is 29.5 Å². The van der Waals surface area contributed by atoms with E-state index in [0.717, 1.165) is 12.0 Å². The first-order valence-corrected chi connectivity index (χ1v) is 7.42. The van der Waals surface area contributed by atoms with Gasteiger partial charge < -0.3 is 14.8 Å². The van der Waals surface area contributed by atoms with E-state index in [4.69, 9.17) is 9.47 Å². The minimum Gasteiger partial charge on any atom is -0.378 e. The second-order valence-corrected chi connectivity index (χ2v) is 6.12. The summed E-state index contributed by atoms with van der Waals surface area (Å²) in [6, 6.07) is 6.37. The van der Waals surface area contributed by atoms with Crippen LogP contribution >= 0.6 is 11.8 Å². The second kappa shape index (κ2) is 7.00. The highest BCUT2D eigenvalue weighted by Crippen LogP contribution is 2.36. The van der Waals surface area contributed by atoms with E-state index in [0.29, 0.717) is 26.3 Å². The largest absolute Gasteiger partial charge is 0.446 e. The molecule has 0 radical (unpaired) electrons. The predicted octanol–water partition coefficient (Wildman–Crippen LogP) is 3.19. The van der Waals surface area contributed by atoms with Gasteiger partial charge in [0.25, 0.3) is 0 Å². The number of halogens is 3. The summed E-state index contributed by atoms with van der Waals surface area (Å²) in [4.78, 5) is 0.198. The number of methoxy groups -OCH3 is 1. The van der Waals surface area contributed by atoms with E-state index in [1.165, 1.54) is 12.1 Å². The molecule has 7 heteroatoms. The molecule has 1 unspecified atom stereocenters. The van der Waals surface area contributed by atoms with Gasteiger partial charge in [0.15, 0.2) is 0 Å². The number of thioether (sulfide) groups is 1. The van der Waals surface area contributed by atoms with Crippen molar-refractivity contribution in [2.75, 3.05) is 26.9 Å². The van der Waals surface area contributed by atoms with Gasteiger partial charge in [-0.25, -0.2) is 0 Å². The number of hydrogen-bond donors (Lipinski definition) is 1. The molecule has 1 saturated heterocycles. The highest BCUT2D eigenvalue weighted by atomic mass is 32.2. The SMILES string of the molecule is COC1(CNCc2ccc(SC(F)(F)F)cc2)CCOC1. The number of alkyl halides is 3. The summed E-state index contributed by atoms with van der Waals surface area (Å²) in [7, 11) is 1.67. The van der Waals surface area contributed by atoms with Crippen LogP contribution in [-0.4, -0.2) is 38.0 Å². The van der Waals surface area contributed by atoms with Gasteiger partial charge in [0.1, 0.15) is 5.60 Å². The zero-order valence-electron chi connectivity index (χ0n) is 11.7. The summed E-state index contributed by atoms with van der Waals surface area (Å²) >= 11 is -0.100. The fourth-order valence-electron chi connectivity index (χ4n) is 2.20. The Morgan fingerprint density at radius 3 is 2.57 bits per heavy atom. The number of ether oxygens (including phenoxy) is 2. The van der Waals surface area contributed by atoms with Crippen molar-refractivity contribution in [1.82, 2.24) is 5.32 Å². The van der Waals surface area contributed by atoms with Crippen molar-refractivity contribution in [3.63, 3.8) is 0 Å². The topological polar surface area (TPSA) is 30.5 Å². The maximum atomic E-state index is 12.2. The van der Waals surface area contributed by atoms with Gasteiger partial charge in [-0.1, -0.05) is 12.1 Å². The van der Waals surface area contributed by atoms with Crippen molar-refractivity contribution in [3.05, 3.63) is 29.8 Å². The highest BCUT2D eigenvalue weighted by Gasteiger charge is 2.34. The van der Waals surface area contributed by atoms with Crippen LogP contribution in [0.15, 0.2) is 29.2 Å². The van der Waals surface area contributed by atoms with Crippen molar-refractivity contribution in [2.45, 2.75) is 29.0 Å². The summed E-state index contributed by atoms with van der Waals surface area (Å²) in [6.07, 6.45) is 0.845. The molecule has 2 rings (SSSR count). The molecule has 0 spiro atoms. The first-order valence-electron chi connectivity index (χ1n) is 6.61. The lowest BCUT2D eigenvalue weighted by molar-refractivity contribution is -0.0328. The molecule has 0 bridgehead atoms. The molecule has 1 aliphatic heterocycles. The van der Waals surface area contributed by atoms with Gasteiger partial charge in [0.05, 0.1) is 6.61 Å². The first-order chi connectivity index (χ1) is 9.92. The molecule has 1 aromatic rings. The van der Waals surface area contributed by atoms with Crippen LogP contribution < -0.4 is 5.32 Å². The molecular formula is C14H18F3NO2S. The van der Waals surface area contributed by atoms with Crippen LogP contribution in [0.3, 0.4) is 0 Å². The average molecular weight is 321 g/mol. The summed E-state index contributed by atoms with van der Waals surface area (Å²) in [6.45, 7) is 2.50. The van der Waals surface area contributed by atoms with Gasteiger partial charge >= 0.3 is 5.51 Å². The van der Waals surface area contributed by atoms with Gasteiger partial charge in [0.2, 0.25) is 0 Å².